The lowest BCUT2D eigenvalue weighted by Gasteiger charge is -2.34. The second kappa shape index (κ2) is 15.1. The summed E-state index contributed by atoms with van der Waals surface area (Å²) in [6.07, 6.45) is 6.10. The van der Waals surface area contributed by atoms with Gasteiger partial charge in [0.1, 0.15) is 0 Å². The van der Waals surface area contributed by atoms with Gasteiger partial charge in [0, 0.05) is 53.6 Å². The number of guanidine groups is 1. The largest absolute Gasteiger partial charge is 0.385 e. The van der Waals surface area contributed by atoms with E-state index in [1.165, 1.54) is 37.1 Å². The van der Waals surface area contributed by atoms with Gasteiger partial charge in [-0.25, -0.2) is 0 Å². The summed E-state index contributed by atoms with van der Waals surface area (Å²) in [6, 6.07) is 9.07. The van der Waals surface area contributed by atoms with Crippen LogP contribution in [0.15, 0.2) is 29.3 Å². The average molecular weight is 559 g/mol. The van der Waals surface area contributed by atoms with Gasteiger partial charge < -0.3 is 19.7 Å². The molecule has 0 bridgehead atoms. The van der Waals surface area contributed by atoms with E-state index in [4.69, 9.17) is 9.47 Å². The summed E-state index contributed by atoms with van der Waals surface area (Å²) in [5.41, 5.74) is 2.71. The van der Waals surface area contributed by atoms with Crippen LogP contribution in [0.3, 0.4) is 0 Å². The summed E-state index contributed by atoms with van der Waals surface area (Å²) < 4.78 is 11.1. The number of hydrogen-bond donors (Lipinski definition) is 1. The Balaban J connectivity index is 0.00000363. The van der Waals surface area contributed by atoms with Crippen molar-refractivity contribution in [2.75, 3.05) is 53.6 Å². The summed E-state index contributed by atoms with van der Waals surface area (Å²) in [5, 5.41) is 3.54. The molecule has 0 aliphatic carbocycles. The number of likely N-dealkylation sites (tertiary alicyclic amines) is 2. The van der Waals surface area contributed by atoms with Crippen molar-refractivity contribution in [1.82, 2.24) is 15.1 Å². The van der Waals surface area contributed by atoms with Gasteiger partial charge in [-0.1, -0.05) is 31.2 Å². The maximum Gasteiger partial charge on any atom is 0.193 e. The van der Waals surface area contributed by atoms with Crippen LogP contribution in [0.1, 0.15) is 50.2 Å². The second-order valence-electron chi connectivity index (χ2n) is 9.08. The van der Waals surface area contributed by atoms with E-state index in [-0.39, 0.29) is 24.0 Å². The molecule has 6 nitrogen and oxygen atoms in total. The van der Waals surface area contributed by atoms with Crippen LogP contribution in [0.2, 0.25) is 0 Å². The fraction of sp³-hybridized carbons (Fsp3) is 0.720. The summed E-state index contributed by atoms with van der Waals surface area (Å²) in [6.45, 7) is 10.3. The lowest BCUT2D eigenvalue weighted by atomic mass is 9.99. The van der Waals surface area contributed by atoms with Crippen molar-refractivity contribution in [2.24, 2.45) is 10.9 Å². The van der Waals surface area contributed by atoms with E-state index in [0.717, 1.165) is 70.5 Å². The van der Waals surface area contributed by atoms with Crippen molar-refractivity contribution in [3.63, 3.8) is 0 Å². The minimum Gasteiger partial charge on any atom is -0.385 e. The van der Waals surface area contributed by atoms with E-state index in [0.29, 0.717) is 6.10 Å². The molecule has 0 spiro atoms. The Bertz CT molecular complexity index is 654. The summed E-state index contributed by atoms with van der Waals surface area (Å²) in [5.74, 6) is 1.88. The zero-order chi connectivity index (χ0) is 21.9. The molecule has 0 atom stereocenters. The Morgan fingerprint density at radius 2 is 1.66 bits per heavy atom. The number of piperidine rings is 2. The van der Waals surface area contributed by atoms with Crippen molar-refractivity contribution < 1.29 is 9.47 Å². The first kappa shape index (κ1) is 27.3. The fourth-order valence-electron chi connectivity index (χ4n) is 4.44. The van der Waals surface area contributed by atoms with E-state index in [2.05, 4.69) is 51.3 Å². The van der Waals surface area contributed by atoms with Crippen molar-refractivity contribution in [2.45, 2.75) is 58.2 Å². The highest BCUT2D eigenvalue weighted by molar-refractivity contribution is 14.0. The van der Waals surface area contributed by atoms with Crippen molar-refractivity contribution in [3.05, 3.63) is 35.4 Å². The van der Waals surface area contributed by atoms with Crippen molar-refractivity contribution >= 4 is 29.9 Å². The number of aliphatic imine (C=N–C) groups is 1. The van der Waals surface area contributed by atoms with E-state index in [1.54, 1.807) is 7.11 Å². The second-order valence-corrected chi connectivity index (χ2v) is 9.08. The molecule has 7 heteroatoms. The molecule has 3 rings (SSSR count). The van der Waals surface area contributed by atoms with Crippen molar-refractivity contribution in [3.8, 4) is 0 Å². The maximum absolute atomic E-state index is 5.98. The SMILES string of the molecule is CN=C(NCc1ccc(CN2CCC(C)CC2)cc1)N1CCC(OCCCOC)CC1.I. The number of benzene rings is 1. The molecule has 1 aromatic rings. The molecule has 1 N–H and O–H groups in total. The Labute approximate surface area is 212 Å². The first-order valence-corrected chi connectivity index (χ1v) is 12.0. The monoisotopic (exact) mass is 558 g/mol. The predicted octanol–water partition coefficient (Wildman–Crippen LogP) is 4.13. The van der Waals surface area contributed by atoms with Gasteiger partial charge in [-0.05, 0) is 62.2 Å². The van der Waals surface area contributed by atoms with Gasteiger partial charge >= 0.3 is 0 Å². The third-order valence-corrected chi connectivity index (χ3v) is 6.56. The molecular formula is C25H43IN4O2. The van der Waals surface area contributed by atoms with Crippen LogP contribution in [-0.4, -0.2) is 75.4 Å². The molecule has 2 aliphatic heterocycles. The zero-order valence-electron chi connectivity index (χ0n) is 20.2. The third-order valence-electron chi connectivity index (χ3n) is 6.56. The van der Waals surface area contributed by atoms with E-state index < -0.39 is 0 Å². The molecule has 2 aliphatic rings. The highest BCUT2D eigenvalue weighted by atomic mass is 127. The molecule has 2 saturated heterocycles. The van der Waals surface area contributed by atoms with E-state index in [1.807, 2.05) is 7.05 Å². The van der Waals surface area contributed by atoms with Crippen LogP contribution in [0.4, 0.5) is 0 Å². The van der Waals surface area contributed by atoms with Crippen LogP contribution >= 0.6 is 24.0 Å². The molecule has 0 aromatic heterocycles. The first-order valence-electron chi connectivity index (χ1n) is 12.0. The van der Waals surface area contributed by atoms with Crippen LogP contribution < -0.4 is 5.32 Å². The van der Waals surface area contributed by atoms with Gasteiger partial charge in [0.15, 0.2) is 5.96 Å². The number of ether oxygens (including phenoxy) is 2. The number of nitrogens with zero attached hydrogens (tertiary/aromatic N) is 3. The molecular weight excluding hydrogens is 515 g/mol. The van der Waals surface area contributed by atoms with E-state index in [9.17, 15) is 0 Å². The molecule has 182 valence electrons. The molecule has 2 fully saturated rings. The van der Waals surface area contributed by atoms with Crippen LogP contribution in [0, 0.1) is 5.92 Å². The number of hydrogen-bond acceptors (Lipinski definition) is 4. The Morgan fingerprint density at radius 3 is 2.28 bits per heavy atom. The lowest BCUT2D eigenvalue weighted by Crippen LogP contribution is -2.46. The Kier molecular flexibility index (Phi) is 12.9. The summed E-state index contributed by atoms with van der Waals surface area (Å²) >= 11 is 0. The van der Waals surface area contributed by atoms with Crippen molar-refractivity contribution in [1.29, 1.82) is 0 Å². The smallest absolute Gasteiger partial charge is 0.193 e. The quantitative estimate of drug-likeness (QED) is 0.214. The molecule has 0 radical (unpaired) electrons. The standard InChI is InChI=1S/C25H42N4O2.HI/c1-21-9-13-28(14-10-21)20-23-7-5-22(6-8-23)19-27-25(26-2)29-15-11-24(12-16-29)31-18-4-17-30-3;/h5-8,21,24H,4,9-20H2,1-3H3,(H,26,27);1H. The molecule has 2 heterocycles. The Morgan fingerprint density at radius 1 is 1.00 bits per heavy atom. The number of methoxy groups -OCH3 is 1. The molecule has 0 unspecified atom stereocenters. The van der Waals surface area contributed by atoms with Crippen LogP contribution in [-0.2, 0) is 22.6 Å². The maximum atomic E-state index is 5.98. The average Bonchev–Trinajstić information content (AvgIpc) is 2.80. The minimum absolute atomic E-state index is 0. The van der Waals surface area contributed by atoms with Gasteiger partial charge in [0.05, 0.1) is 6.10 Å². The summed E-state index contributed by atoms with van der Waals surface area (Å²) in [7, 11) is 3.61. The lowest BCUT2D eigenvalue weighted by molar-refractivity contribution is 0.00989. The van der Waals surface area contributed by atoms with Gasteiger partial charge in [-0.2, -0.15) is 0 Å². The van der Waals surface area contributed by atoms with Gasteiger partial charge in [-0.3, -0.25) is 9.89 Å². The van der Waals surface area contributed by atoms with Gasteiger partial charge in [0.25, 0.3) is 0 Å². The number of halogens is 1. The first-order chi connectivity index (χ1) is 15.2. The highest BCUT2D eigenvalue weighted by Crippen LogP contribution is 2.18. The minimum atomic E-state index is 0. The number of rotatable bonds is 9. The molecule has 1 aromatic carbocycles. The highest BCUT2D eigenvalue weighted by Gasteiger charge is 2.22. The number of nitrogens with one attached hydrogen (secondary N) is 1. The predicted molar refractivity (Wildman–Crippen MR) is 143 cm³/mol. The van der Waals surface area contributed by atoms with Gasteiger partial charge in [-0.15, -0.1) is 24.0 Å². The Hall–Kier alpha value is -0.900. The van der Waals surface area contributed by atoms with Gasteiger partial charge in [0.2, 0.25) is 0 Å². The fourth-order valence-corrected chi connectivity index (χ4v) is 4.44. The third kappa shape index (κ3) is 9.15. The molecule has 0 amide bonds. The normalized spacial score (nSPS) is 19.1. The van der Waals surface area contributed by atoms with Crippen LogP contribution in [0.25, 0.3) is 0 Å². The van der Waals surface area contributed by atoms with Crippen LogP contribution in [0.5, 0.6) is 0 Å². The molecule has 0 saturated carbocycles. The zero-order valence-corrected chi connectivity index (χ0v) is 22.6. The van der Waals surface area contributed by atoms with E-state index >= 15 is 0 Å². The topological polar surface area (TPSA) is 49.3 Å². The molecule has 32 heavy (non-hydrogen) atoms. The summed E-state index contributed by atoms with van der Waals surface area (Å²) in [4.78, 5) is 9.44.